The number of fused-ring (bicyclic) bond motifs is 1. The summed E-state index contributed by atoms with van der Waals surface area (Å²) in [5.74, 6) is 1.26. The molecule has 0 atom stereocenters. The summed E-state index contributed by atoms with van der Waals surface area (Å²) in [5, 5.41) is 11.2. The van der Waals surface area contributed by atoms with Crippen molar-refractivity contribution >= 4 is 27.0 Å². The average molecular weight is 385 g/mol. The number of nitrogens with one attached hydrogen (secondary N) is 2. The summed E-state index contributed by atoms with van der Waals surface area (Å²) in [6.45, 7) is 4.02. The molecule has 1 aromatic carbocycles. The number of piperidine rings is 1. The van der Waals surface area contributed by atoms with Crippen molar-refractivity contribution in [2.45, 2.75) is 30.6 Å². The van der Waals surface area contributed by atoms with Gasteiger partial charge in [0, 0.05) is 35.2 Å². The quantitative estimate of drug-likeness (QED) is 0.718. The predicted molar refractivity (Wildman–Crippen MR) is 105 cm³/mol. The smallest absolute Gasteiger partial charge is 0.175 e. The second-order valence-corrected chi connectivity index (χ2v) is 9.09. The third-order valence-corrected chi connectivity index (χ3v) is 6.11. The van der Waals surface area contributed by atoms with Crippen molar-refractivity contribution in [3.63, 3.8) is 0 Å². The van der Waals surface area contributed by atoms with Crippen molar-refractivity contribution < 1.29 is 8.42 Å². The summed E-state index contributed by atoms with van der Waals surface area (Å²) >= 11 is 0. The van der Waals surface area contributed by atoms with Gasteiger partial charge in [-0.25, -0.2) is 13.4 Å². The maximum Gasteiger partial charge on any atom is 0.175 e. The third-order valence-electron chi connectivity index (χ3n) is 4.98. The molecule has 1 fully saturated rings. The molecule has 0 aliphatic carbocycles. The summed E-state index contributed by atoms with van der Waals surface area (Å²) in [5.41, 5.74) is 3.75. The first-order valence-electron chi connectivity index (χ1n) is 9.05. The van der Waals surface area contributed by atoms with Gasteiger partial charge in [0.25, 0.3) is 0 Å². The Hall–Kier alpha value is -2.45. The van der Waals surface area contributed by atoms with E-state index in [1.807, 2.05) is 13.1 Å². The maximum atomic E-state index is 11.7. The molecule has 3 aromatic rings. The molecule has 0 radical (unpaired) electrons. The minimum atomic E-state index is -3.21. The molecule has 142 valence electrons. The van der Waals surface area contributed by atoms with E-state index in [1.54, 1.807) is 28.8 Å². The van der Waals surface area contributed by atoms with Crippen LogP contribution in [-0.2, 0) is 9.84 Å². The molecule has 8 heteroatoms. The first-order valence-corrected chi connectivity index (χ1v) is 10.9. The fraction of sp³-hybridized carbons (Fsp3) is 0.368. The lowest BCUT2D eigenvalue weighted by Gasteiger charge is -2.23. The van der Waals surface area contributed by atoms with E-state index in [1.165, 1.54) is 6.26 Å². The summed E-state index contributed by atoms with van der Waals surface area (Å²) in [4.78, 5) is 5.16. The number of sulfone groups is 1. The number of nitrogens with zero attached hydrogens (tertiary/aromatic N) is 3. The first kappa shape index (κ1) is 17.9. The van der Waals surface area contributed by atoms with Crippen LogP contribution >= 0.6 is 0 Å². The predicted octanol–water partition coefficient (Wildman–Crippen LogP) is 2.65. The Labute approximate surface area is 158 Å². The van der Waals surface area contributed by atoms with Gasteiger partial charge in [-0.05, 0) is 57.1 Å². The van der Waals surface area contributed by atoms with Crippen molar-refractivity contribution in [1.29, 1.82) is 0 Å². The highest BCUT2D eigenvalue weighted by molar-refractivity contribution is 7.90. The van der Waals surface area contributed by atoms with E-state index in [0.29, 0.717) is 10.8 Å². The zero-order valence-corrected chi connectivity index (χ0v) is 16.3. The number of rotatable bonds is 4. The van der Waals surface area contributed by atoms with Crippen LogP contribution in [0.3, 0.4) is 0 Å². The zero-order chi connectivity index (χ0) is 19.0. The number of hydrogen-bond donors (Lipinski definition) is 2. The first-order chi connectivity index (χ1) is 12.9. The van der Waals surface area contributed by atoms with Gasteiger partial charge >= 0.3 is 0 Å². The Morgan fingerprint density at radius 2 is 1.89 bits per heavy atom. The second kappa shape index (κ2) is 6.94. The number of hydrogen-bond acceptors (Lipinski definition) is 6. The molecule has 1 aliphatic rings. The zero-order valence-electron chi connectivity index (χ0n) is 15.4. The van der Waals surface area contributed by atoms with E-state index >= 15 is 0 Å². The second-order valence-electron chi connectivity index (χ2n) is 7.08. The monoisotopic (exact) mass is 385 g/mol. The van der Waals surface area contributed by atoms with Crippen LogP contribution in [0, 0.1) is 6.92 Å². The largest absolute Gasteiger partial charge is 0.340 e. The molecular formula is C19H23N5O2S. The van der Waals surface area contributed by atoms with Crippen LogP contribution in [0.4, 0.5) is 11.5 Å². The van der Waals surface area contributed by atoms with E-state index in [0.717, 1.165) is 54.3 Å². The molecule has 2 aromatic heterocycles. The Balaban J connectivity index is 1.71. The fourth-order valence-corrected chi connectivity index (χ4v) is 4.07. The topological polar surface area (TPSA) is 88.4 Å². The van der Waals surface area contributed by atoms with Gasteiger partial charge in [0.2, 0.25) is 0 Å². The molecule has 27 heavy (non-hydrogen) atoms. The van der Waals surface area contributed by atoms with Crippen LogP contribution < -0.4 is 10.6 Å². The molecule has 1 aliphatic heterocycles. The molecule has 1 saturated heterocycles. The van der Waals surface area contributed by atoms with E-state index in [2.05, 4.69) is 21.8 Å². The molecule has 0 saturated carbocycles. The Morgan fingerprint density at radius 1 is 1.19 bits per heavy atom. The van der Waals surface area contributed by atoms with Gasteiger partial charge in [-0.3, -0.25) is 0 Å². The van der Waals surface area contributed by atoms with Gasteiger partial charge in [0.05, 0.1) is 11.1 Å². The number of benzene rings is 1. The highest BCUT2D eigenvalue weighted by atomic mass is 32.2. The van der Waals surface area contributed by atoms with Gasteiger partial charge < -0.3 is 10.6 Å². The normalized spacial score (nSPS) is 15.9. The van der Waals surface area contributed by atoms with Crippen molar-refractivity contribution in [2.75, 3.05) is 24.7 Å². The van der Waals surface area contributed by atoms with E-state index in [-0.39, 0.29) is 0 Å². The SMILES string of the molecule is Cc1cnn2c(Nc3ccc(S(C)(=O)=O)cc3)cc(C3CCNCC3)nc12. The van der Waals surface area contributed by atoms with Gasteiger partial charge in [-0.1, -0.05) is 0 Å². The molecule has 0 amide bonds. The minimum absolute atomic E-state index is 0.304. The van der Waals surface area contributed by atoms with Crippen LogP contribution in [0.1, 0.15) is 30.0 Å². The molecule has 4 rings (SSSR count). The molecule has 2 N–H and O–H groups in total. The van der Waals surface area contributed by atoms with Gasteiger partial charge in [0.1, 0.15) is 5.82 Å². The highest BCUT2D eigenvalue weighted by Gasteiger charge is 2.19. The summed E-state index contributed by atoms with van der Waals surface area (Å²) in [6.07, 6.45) is 5.16. The van der Waals surface area contributed by atoms with Crippen LogP contribution in [0.15, 0.2) is 41.4 Å². The van der Waals surface area contributed by atoms with Crippen molar-refractivity contribution in [3.8, 4) is 0 Å². The van der Waals surface area contributed by atoms with Crippen LogP contribution in [-0.4, -0.2) is 42.4 Å². The number of aromatic nitrogens is 3. The lowest BCUT2D eigenvalue weighted by Crippen LogP contribution is -2.27. The Kier molecular flexibility index (Phi) is 4.61. The Morgan fingerprint density at radius 3 is 2.56 bits per heavy atom. The third kappa shape index (κ3) is 3.68. The van der Waals surface area contributed by atoms with Gasteiger partial charge in [0.15, 0.2) is 15.5 Å². The van der Waals surface area contributed by atoms with E-state index in [9.17, 15) is 8.42 Å². The van der Waals surface area contributed by atoms with Crippen LogP contribution in [0.2, 0.25) is 0 Å². The Bertz CT molecular complexity index is 1070. The summed E-state index contributed by atoms with van der Waals surface area (Å²) in [7, 11) is -3.21. The van der Waals surface area contributed by atoms with Crippen LogP contribution in [0.5, 0.6) is 0 Å². The minimum Gasteiger partial charge on any atom is -0.340 e. The van der Waals surface area contributed by atoms with Crippen molar-refractivity contribution in [3.05, 3.63) is 47.8 Å². The van der Waals surface area contributed by atoms with Gasteiger partial charge in [-0.15, -0.1) is 0 Å². The standard InChI is InChI=1S/C19H23N5O2S/c1-13-12-21-24-18(22-15-3-5-16(6-4-15)27(2,25)26)11-17(23-19(13)24)14-7-9-20-10-8-14/h3-6,11-12,14,20,22H,7-10H2,1-2H3. The van der Waals surface area contributed by atoms with E-state index < -0.39 is 9.84 Å². The highest BCUT2D eigenvalue weighted by Crippen LogP contribution is 2.28. The lowest BCUT2D eigenvalue weighted by atomic mass is 9.94. The molecule has 0 unspecified atom stereocenters. The van der Waals surface area contributed by atoms with Crippen molar-refractivity contribution in [2.24, 2.45) is 0 Å². The molecule has 0 spiro atoms. The summed E-state index contributed by atoms with van der Waals surface area (Å²) in [6, 6.07) is 8.81. The average Bonchev–Trinajstić information content (AvgIpc) is 3.03. The van der Waals surface area contributed by atoms with Gasteiger partial charge in [-0.2, -0.15) is 9.61 Å². The number of aryl methyl sites for hydroxylation is 1. The maximum absolute atomic E-state index is 11.7. The van der Waals surface area contributed by atoms with E-state index in [4.69, 9.17) is 4.98 Å². The van der Waals surface area contributed by atoms with Crippen molar-refractivity contribution in [1.82, 2.24) is 19.9 Å². The lowest BCUT2D eigenvalue weighted by molar-refractivity contribution is 0.453. The summed E-state index contributed by atoms with van der Waals surface area (Å²) < 4.78 is 25.1. The molecule has 7 nitrogen and oxygen atoms in total. The number of anilines is 2. The molecule has 0 bridgehead atoms. The van der Waals surface area contributed by atoms with Crippen LogP contribution in [0.25, 0.3) is 5.65 Å². The molecule has 3 heterocycles. The fourth-order valence-electron chi connectivity index (χ4n) is 3.44. The molecular weight excluding hydrogens is 362 g/mol.